The van der Waals surface area contributed by atoms with Gasteiger partial charge in [-0.15, -0.1) is 0 Å². The van der Waals surface area contributed by atoms with Gasteiger partial charge in [-0.05, 0) is 43.9 Å². The van der Waals surface area contributed by atoms with E-state index in [1.807, 2.05) is 4.90 Å². The van der Waals surface area contributed by atoms with Crippen molar-refractivity contribution in [2.75, 3.05) is 19.6 Å². The molecule has 2 saturated heterocycles. The molecule has 1 amide bonds. The van der Waals surface area contributed by atoms with Crippen LogP contribution in [0.2, 0.25) is 0 Å². The molecule has 13 heteroatoms. The number of alkyl halides is 9. The van der Waals surface area contributed by atoms with Crippen LogP contribution in [0.5, 0.6) is 0 Å². The van der Waals surface area contributed by atoms with Gasteiger partial charge in [0.05, 0.1) is 5.56 Å². The summed E-state index contributed by atoms with van der Waals surface area (Å²) < 4.78 is 120. The zero-order valence-electron chi connectivity index (χ0n) is 17.2. The van der Waals surface area contributed by atoms with Crippen molar-refractivity contribution in [3.05, 3.63) is 35.4 Å². The van der Waals surface area contributed by atoms with Crippen LogP contribution in [0.1, 0.15) is 36.8 Å². The number of carbonyl (C=O) groups excluding carboxylic acids is 1. The molecule has 1 spiro atoms. The van der Waals surface area contributed by atoms with E-state index < -0.39 is 41.8 Å². The molecule has 0 saturated carbocycles. The van der Waals surface area contributed by atoms with Crippen LogP contribution in [0.15, 0.2) is 24.3 Å². The average molecular weight is 492 g/mol. The van der Waals surface area contributed by atoms with Gasteiger partial charge in [-0.3, -0.25) is 4.90 Å². The molecule has 0 bridgehead atoms. The van der Waals surface area contributed by atoms with Crippen molar-refractivity contribution < 1.29 is 49.0 Å². The quantitative estimate of drug-likeness (QED) is 0.503. The van der Waals surface area contributed by atoms with E-state index >= 15 is 0 Å². The van der Waals surface area contributed by atoms with E-state index in [-0.39, 0.29) is 38.0 Å². The molecule has 0 aromatic heterocycles. The number of amides is 1. The molecule has 33 heavy (non-hydrogen) atoms. The molecule has 2 aliphatic heterocycles. The number of likely N-dealkylation sites (tertiary alicyclic amines) is 2. The van der Waals surface area contributed by atoms with Crippen LogP contribution in [0, 0.1) is 0 Å². The molecule has 0 radical (unpaired) electrons. The second-order valence-corrected chi connectivity index (χ2v) is 8.24. The maximum absolute atomic E-state index is 13.3. The highest BCUT2D eigenvalue weighted by Crippen LogP contribution is 2.42. The van der Waals surface area contributed by atoms with Crippen molar-refractivity contribution in [1.82, 2.24) is 9.80 Å². The lowest BCUT2D eigenvalue weighted by Gasteiger charge is -2.45. The van der Waals surface area contributed by atoms with Crippen LogP contribution in [-0.2, 0) is 17.5 Å². The summed E-state index contributed by atoms with van der Waals surface area (Å²) in [4.78, 5) is 14.6. The van der Waals surface area contributed by atoms with Gasteiger partial charge < -0.3 is 9.64 Å². The van der Waals surface area contributed by atoms with Crippen LogP contribution < -0.4 is 0 Å². The van der Waals surface area contributed by atoms with Gasteiger partial charge in [0, 0.05) is 25.2 Å². The fourth-order valence-corrected chi connectivity index (χ4v) is 4.55. The van der Waals surface area contributed by atoms with E-state index in [9.17, 15) is 44.3 Å². The topological polar surface area (TPSA) is 32.8 Å². The van der Waals surface area contributed by atoms with Crippen LogP contribution in [-0.4, -0.2) is 59.5 Å². The van der Waals surface area contributed by atoms with Gasteiger partial charge in [0.1, 0.15) is 0 Å². The monoisotopic (exact) mass is 492 g/mol. The Kier molecular flexibility index (Phi) is 6.84. The minimum Gasteiger partial charge on any atom is -0.426 e. The Hall–Kier alpha value is -2.18. The molecule has 1 aromatic carbocycles. The zero-order chi connectivity index (χ0) is 24.7. The minimum absolute atomic E-state index is 0.00957. The number of ether oxygens (including phenoxy) is 1. The highest BCUT2D eigenvalue weighted by molar-refractivity contribution is 5.68. The highest BCUT2D eigenvalue weighted by atomic mass is 19.4. The van der Waals surface area contributed by atoms with E-state index in [0.29, 0.717) is 19.4 Å². The Morgan fingerprint density at radius 3 is 2.03 bits per heavy atom. The number of hydrogen-bond acceptors (Lipinski definition) is 3. The third-order valence-electron chi connectivity index (χ3n) is 6.19. The summed E-state index contributed by atoms with van der Waals surface area (Å²) in [5.41, 5.74) is -1.28. The molecular formula is C20H21F9N2O2. The van der Waals surface area contributed by atoms with Gasteiger partial charge in [0.25, 0.3) is 6.10 Å². The van der Waals surface area contributed by atoms with Crippen molar-refractivity contribution >= 4 is 6.09 Å². The average Bonchev–Trinajstić information content (AvgIpc) is 3.06. The molecule has 0 atom stereocenters. The predicted octanol–water partition coefficient (Wildman–Crippen LogP) is 5.77. The van der Waals surface area contributed by atoms with E-state index in [0.717, 1.165) is 11.0 Å². The normalized spacial score (nSPS) is 20.0. The first-order valence-electron chi connectivity index (χ1n) is 10.1. The van der Waals surface area contributed by atoms with Crippen molar-refractivity contribution in [3.8, 4) is 0 Å². The van der Waals surface area contributed by atoms with Crippen molar-refractivity contribution in [3.63, 3.8) is 0 Å². The van der Waals surface area contributed by atoms with Gasteiger partial charge in [-0.1, -0.05) is 18.2 Å². The van der Waals surface area contributed by atoms with Gasteiger partial charge >= 0.3 is 24.6 Å². The summed E-state index contributed by atoms with van der Waals surface area (Å²) in [7, 11) is 0. The van der Waals surface area contributed by atoms with Gasteiger partial charge in [-0.25, -0.2) is 4.79 Å². The predicted molar refractivity (Wildman–Crippen MR) is 97.0 cm³/mol. The second kappa shape index (κ2) is 8.88. The Bertz CT molecular complexity index is 829. The highest BCUT2D eigenvalue weighted by Gasteiger charge is 2.60. The molecule has 0 unspecified atom stereocenters. The molecule has 1 aromatic rings. The summed E-state index contributed by atoms with van der Waals surface area (Å²) in [6.07, 6.45) is -20.5. The first-order valence-corrected chi connectivity index (χ1v) is 10.1. The summed E-state index contributed by atoms with van der Waals surface area (Å²) in [6.45, 7) is 0.141. The lowest BCUT2D eigenvalue weighted by molar-refractivity contribution is -0.308. The molecule has 2 aliphatic rings. The number of benzene rings is 1. The van der Waals surface area contributed by atoms with E-state index in [2.05, 4.69) is 4.74 Å². The maximum Gasteiger partial charge on any atom is 0.434 e. The number of rotatable bonds is 3. The Balaban J connectivity index is 1.67. The van der Waals surface area contributed by atoms with Gasteiger partial charge in [0.15, 0.2) is 0 Å². The molecule has 4 nitrogen and oxygen atoms in total. The largest absolute Gasteiger partial charge is 0.434 e. The van der Waals surface area contributed by atoms with Crippen LogP contribution >= 0.6 is 0 Å². The van der Waals surface area contributed by atoms with Gasteiger partial charge in [-0.2, -0.15) is 39.5 Å². The fraction of sp³-hybridized carbons (Fsp3) is 0.650. The maximum atomic E-state index is 13.3. The van der Waals surface area contributed by atoms with E-state index in [1.165, 1.54) is 18.2 Å². The van der Waals surface area contributed by atoms with Gasteiger partial charge in [0.2, 0.25) is 0 Å². The molecule has 0 N–H and O–H groups in total. The molecular weight excluding hydrogens is 471 g/mol. The second-order valence-electron chi connectivity index (χ2n) is 8.24. The third kappa shape index (κ3) is 5.67. The molecule has 2 heterocycles. The number of halogens is 9. The smallest absolute Gasteiger partial charge is 0.426 e. The van der Waals surface area contributed by atoms with Crippen LogP contribution in [0.3, 0.4) is 0 Å². The van der Waals surface area contributed by atoms with Crippen molar-refractivity contribution in [1.29, 1.82) is 0 Å². The van der Waals surface area contributed by atoms with Crippen LogP contribution in [0.25, 0.3) is 0 Å². The SMILES string of the molecule is O=C(OC(C(F)(F)F)C(F)(F)F)N1CCC2(CCCN2Cc2ccccc2C(F)(F)F)CC1. The summed E-state index contributed by atoms with van der Waals surface area (Å²) in [5, 5.41) is 0. The van der Waals surface area contributed by atoms with Crippen molar-refractivity contribution in [2.24, 2.45) is 0 Å². The van der Waals surface area contributed by atoms with E-state index in [1.54, 1.807) is 0 Å². The number of piperidine rings is 1. The molecule has 186 valence electrons. The standard InChI is InChI=1S/C20H21F9N2O2/c21-18(22,23)14-5-2-1-4-13(14)12-31-9-3-6-17(31)7-10-30(11-8-17)16(32)33-15(19(24,25)26)20(27,28)29/h1-2,4-5,15H,3,6-12H2. The fourth-order valence-electron chi connectivity index (χ4n) is 4.55. The lowest BCUT2D eigenvalue weighted by atomic mass is 9.84. The molecule has 2 fully saturated rings. The summed E-state index contributed by atoms with van der Waals surface area (Å²) in [5.74, 6) is 0. The summed E-state index contributed by atoms with van der Waals surface area (Å²) in [6, 6.07) is 5.12. The Morgan fingerprint density at radius 2 is 1.48 bits per heavy atom. The molecule has 0 aliphatic carbocycles. The first-order chi connectivity index (χ1) is 15.1. The zero-order valence-corrected chi connectivity index (χ0v) is 17.2. The lowest BCUT2D eigenvalue weighted by Crippen LogP contribution is -2.54. The van der Waals surface area contributed by atoms with Crippen molar-refractivity contribution in [2.45, 2.75) is 62.4 Å². The minimum atomic E-state index is -5.81. The summed E-state index contributed by atoms with van der Waals surface area (Å²) >= 11 is 0. The number of nitrogens with zero attached hydrogens (tertiary/aromatic N) is 2. The first kappa shape index (κ1) is 25.4. The Labute approximate surface area is 183 Å². The van der Waals surface area contributed by atoms with E-state index in [4.69, 9.17) is 0 Å². The number of carbonyl (C=O) groups is 1. The number of hydrogen-bond donors (Lipinski definition) is 0. The molecule has 3 rings (SSSR count). The Morgan fingerprint density at radius 1 is 0.909 bits per heavy atom. The third-order valence-corrected chi connectivity index (χ3v) is 6.19. The van der Waals surface area contributed by atoms with Crippen LogP contribution in [0.4, 0.5) is 44.3 Å².